The second kappa shape index (κ2) is 6.19. The minimum atomic E-state index is -3.49. The number of nitrogens with zero attached hydrogens (tertiary/aromatic N) is 1. The average molecular weight is 341 g/mol. The molecule has 0 bridgehead atoms. The summed E-state index contributed by atoms with van der Waals surface area (Å²) in [7, 11) is -2.12. The number of carboxylic acids is 1. The van der Waals surface area contributed by atoms with Crippen molar-refractivity contribution in [3.8, 4) is 5.75 Å². The Balaban J connectivity index is 2.49. The van der Waals surface area contributed by atoms with E-state index in [1.807, 2.05) is 0 Å². The maximum atomic E-state index is 12.8. The Hall–Kier alpha value is -2.09. The van der Waals surface area contributed by atoms with Crippen molar-refractivity contribution >= 4 is 21.7 Å². The van der Waals surface area contributed by atoms with Crippen LogP contribution in [-0.2, 0) is 14.6 Å². The van der Waals surface area contributed by atoms with Crippen LogP contribution < -0.4 is 4.74 Å². The third kappa shape index (κ3) is 3.64. The Morgan fingerprint density at radius 1 is 1.35 bits per heavy atom. The van der Waals surface area contributed by atoms with Crippen LogP contribution in [0.3, 0.4) is 0 Å². The van der Waals surface area contributed by atoms with Gasteiger partial charge in [0, 0.05) is 12.3 Å². The number of aliphatic carboxylic acids is 1. The molecular formula is C15H19NO6S. The molecule has 1 aliphatic carbocycles. The summed E-state index contributed by atoms with van der Waals surface area (Å²) in [5, 5.41) is 9.21. The summed E-state index contributed by atoms with van der Waals surface area (Å²) in [5.74, 6) is -1.43. The third-order valence-electron chi connectivity index (χ3n) is 3.78. The standard InChI is InChI=1S/C15H19NO6S/c1-9(15(18)19)16(10-4-5-10)14(17)12-8-11(23(3,20)21)6-7-13(12)22-2/h6-10H,4-5H2,1-3H3,(H,18,19). The van der Waals surface area contributed by atoms with Crippen LogP contribution in [0.2, 0.25) is 0 Å². The minimum Gasteiger partial charge on any atom is -0.496 e. The maximum absolute atomic E-state index is 12.8. The summed E-state index contributed by atoms with van der Waals surface area (Å²) in [6.45, 7) is 1.44. The number of hydrogen-bond acceptors (Lipinski definition) is 5. The number of ether oxygens (including phenoxy) is 1. The highest BCUT2D eigenvalue weighted by Gasteiger charge is 2.39. The highest BCUT2D eigenvalue weighted by Crippen LogP contribution is 2.33. The molecular weight excluding hydrogens is 322 g/mol. The van der Waals surface area contributed by atoms with Gasteiger partial charge >= 0.3 is 5.97 Å². The van der Waals surface area contributed by atoms with Gasteiger partial charge in [0.05, 0.1) is 17.6 Å². The number of rotatable bonds is 6. The maximum Gasteiger partial charge on any atom is 0.326 e. The largest absolute Gasteiger partial charge is 0.496 e. The van der Waals surface area contributed by atoms with E-state index >= 15 is 0 Å². The number of hydrogen-bond donors (Lipinski definition) is 1. The molecule has 0 aliphatic heterocycles. The molecule has 1 N–H and O–H groups in total. The Labute approximate surface area is 134 Å². The lowest BCUT2D eigenvalue weighted by Crippen LogP contribution is -2.44. The van der Waals surface area contributed by atoms with E-state index in [9.17, 15) is 23.1 Å². The quantitative estimate of drug-likeness (QED) is 0.834. The smallest absolute Gasteiger partial charge is 0.326 e. The highest BCUT2D eigenvalue weighted by molar-refractivity contribution is 7.90. The van der Waals surface area contributed by atoms with Crippen LogP contribution in [0, 0.1) is 0 Å². The van der Waals surface area contributed by atoms with Crippen molar-refractivity contribution in [3.05, 3.63) is 23.8 Å². The molecule has 126 valence electrons. The van der Waals surface area contributed by atoms with Crippen molar-refractivity contribution in [2.24, 2.45) is 0 Å². The molecule has 1 fully saturated rings. The Morgan fingerprint density at radius 3 is 2.39 bits per heavy atom. The molecule has 1 aromatic rings. The van der Waals surface area contributed by atoms with Crippen molar-refractivity contribution in [3.63, 3.8) is 0 Å². The Kier molecular flexibility index (Phi) is 4.65. The summed E-state index contributed by atoms with van der Waals surface area (Å²) >= 11 is 0. The number of carbonyl (C=O) groups is 2. The van der Waals surface area contributed by atoms with Gasteiger partial charge in [0.2, 0.25) is 0 Å². The van der Waals surface area contributed by atoms with Gasteiger partial charge in [-0.25, -0.2) is 13.2 Å². The predicted molar refractivity (Wildman–Crippen MR) is 82.4 cm³/mol. The Bertz CT molecular complexity index is 738. The molecule has 23 heavy (non-hydrogen) atoms. The Morgan fingerprint density at radius 2 is 1.96 bits per heavy atom. The van der Waals surface area contributed by atoms with E-state index in [-0.39, 0.29) is 22.3 Å². The first-order valence-electron chi connectivity index (χ1n) is 7.10. The number of carbonyl (C=O) groups excluding carboxylic acids is 1. The van der Waals surface area contributed by atoms with E-state index < -0.39 is 27.8 Å². The third-order valence-corrected chi connectivity index (χ3v) is 4.89. The molecule has 1 aromatic carbocycles. The molecule has 0 aromatic heterocycles. The molecule has 1 atom stereocenters. The van der Waals surface area contributed by atoms with E-state index in [0.717, 1.165) is 19.1 Å². The minimum absolute atomic E-state index is 0.0135. The molecule has 8 heteroatoms. The van der Waals surface area contributed by atoms with E-state index in [0.29, 0.717) is 0 Å². The summed E-state index contributed by atoms with van der Waals surface area (Å²) < 4.78 is 28.5. The number of methoxy groups -OCH3 is 1. The van der Waals surface area contributed by atoms with Crippen LogP contribution >= 0.6 is 0 Å². The van der Waals surface area contributed by atoms with E-state index in [4.69, 9.17) is 4.74 Å². The molecule has 2 rings (SSSR count). The van der Waals surface area contributed by atoms with Crippen LogP contribution in [0.15, 0.2) is 23.1 Å². The van der Waals surface area contributed by atoms with E-state index in [2.05, 4.69) is 0 Å². The van der Waals surface area contributed by atoms with Gasteiger partial charge in [-0.1, -0.05) is 0 Å². The first-order chi connectivity index (χ1) is 10.7. The molecule has 0 saturated heterocycles. The van der Waals surface area contributed by atoms with E-state index in [1.165, 1.54) is 37.1 Å². The van der Waals surface area contributed by atoms with Crippen molar-refractivity contribution in [1.29, 1.82) is 0 Å². The van der Waals surface area contributed by atoms with Crippen molar-refractivity contribution in [1.82, 2.24) is 4.90 Å². The lowest BCUT2D eigenvalue weighted by molar-refractivity contribution is -0.141. The fourth-order valence-corrected chi connectivity index (χ4v) is 3.00. The molecule has 0 spiro atoms. The molecule has 7 nitrogen and oxygen atoms in total. The summed E-state index contributed by atoms with van der Waals surface area (Å²) in [5.41, 5.74) is 0.0513. The SMILES string of the molecule is COc1ccc(S(C)(=O)=O)cc1C(=O)N(C1CC1)C(C)C(=O)O. The van der Waals surface area contributed by atoms with Crippen molar-refractivity contribution in [2.75, 3.05) is 13.4 Å². The lowest BCUT2D eigenvalue weighted by Gasteiger charge is -2.27. The van der Waals surface area contributed by atoms with Crippen LogP contribution in [0.1, 0.15) is 30.1 Å². The van der Waals surface area contributed by atoms with Gasteiger partial charge in [-0.05, 0) is 38.0 Å². The van der Waals surface area contributed by atoms with Crippen LogP contribution in [-0.4, -0.2) is 55.7 Å². The van der Waals surface area contributed by atoms with Gasteiger partial charge in [0.25, 0.3) is 5.91 Å². The molecule has 1 unspecified atom stereocenters. The van der Waals surface area contributed by atoms with Gasteiger partial charge < -0.3 is 14.7 Å². The second-order valence-corrected chi connectivity index (χ2v) is 7.61. The number of benzene rings is 1. The predicted octanol–water partition coefficient (Wildman–Crippen LogP) is 1.18. The van der Waals surface area contributed by atoms with E-state index in [1.54, 1.807) is 0 Å². The van der Waals surface area contributed by atoms with Gasteiger partial charge in [-0.15, -0.1) is 0 Å². The average Bonchev–Trinajstić information content (AvgIpc) is 3.30. The summed E-state index contributed by atoms with van der Waals surface area (Å²) in [4.78, 5) is 25.4. The first kappa shape index (κ1) is 17.3. The normalized spacial score (nSPS) is 15.8. The molecule has 0 radical (unpaired) electrons. The first-order valence-corrected chi connectivity index (χ1v) is 8.99. The topological polar surface area (TPSA) is 101 Å². The summed E-state index contributed by atoms with van der Waals surface area (Å²) in [6.07, 6.45) is 2.51. The second-order valence-electron chi connectivity index (χ2n) is 5.59. The number of sulfone groups is 1. The van der Waals surface area contributed by atoms with Gasteiger partial charge in [0.15, 0.2) is 9.84 Å². The molecule has 0 heterocycles. The fraction of sp³-hybridized carbons (Fsp3) is 0.467. The molecule has 1 amide bonds. The van der Waals surface area contributed by atoms with Crippen LogP contribution in [0.4, 0.5) is 0 Å². The number of carboxylic acid groups (broad SMARTS) is 1. The van der Waals surface area contributed by atoms with Crippen LogP contribution in [0.5, 0.6) is 5.75 Å². The van der Waals surface area contributed by atoms with Gasteiger partial charge in [0.1, 0.15) is 11.8 Å². The molecule has 1 aliphatic rings. The van der Waals surface area contributed by atoms with Crippen molar-refractivity contribution in [2.45, 2.75) is 36.7 Å². The number of amides is 1. The van der Waals surface area contributed by atoms with Gasteiger partial charge in [-0.2, -0.15) is 0 Å². The highest BCUT2D eigenvalue weighted by atomic mass is 32.2. The molecule has 1 saturated carbocycles. The lowest BCUT2D eigenvalue weighted by atomic mass is 10.1. The zero-order chi connectivity index (χ0) is 17.4. The zero-order valence-electron chi connectivity index (χ0n) is 13.1. The van der Waals surface area contributed by atoms with Crippen LogP contribution in [0.25, 0.3) is 0 Å². The monoisotopic (exact) mass is 341 g/mol. The summed E-state index contributed by atoms with van der Waals surface area (Å²) in [6, 6.07) is 2.86. The van der Waals surface area contributed by atoms with Crippen molar-refractivity contribution < 1.29 is 27.9 Å². The zero-order valence-corrected chi connectivity index (χ0v) is 14.0. The fourth-order valence-electron chi connectivity index (χ4n) is 2.35. The van der Waals surface area contributed by atoms with Gasteiger partial charge in [-0.3, -0.25) is 4.79 Å².